The Balaban J connectivity index is 1.81. The fraction of sp³-hybridized carbons (Fsp3) is 0. The van der Waals surface area contributed by atoms with Gasteiger partial charge < -0.3 is 0 Å². The standard InChI is InChI=1S/C16H10N2OS2/c19-21(16-18-13-7-3-4-8-14(13)20-16)15-10-9-11-5-1-2-6-12(11)17-15/h1-10H. The second-order valence-electron chi connectivity index (χ2n) is 4.56. The van der Waals surface area contributed by atoms with E-state index < -0.39 is 10.8 Å². The summed E-state index contributed by atoms with van der Waals surface area (Å²) in [6, 6.07) is 19.4. The number of fused-ring (bicyclic) bond motifs is 2. The lowest BCUT2D eigenvalue weighted by atomic mass is 10.2. The molecule has 1 atom stereocenters. The lowest BCUT2D eigenvalue weighted by molar-refractivity contribution is 0.680. The van der Waals surface area contributed by atoms with E-state index in [0.29, 0.717) is 9.37 Å². The zero-order valence-corrected chi connectivity index (χ0v) is 12.5. The first kappa shape index (κ1) is 12.6. The third-order valence-corrected chi connectivity index (χ3v) is 5.75. The molecule has 0 aliphatic rings. The van der Waals surface area contributed by atoms with Crippen molar-refractivity contribution < 1.29 is 4.21 Å². The number of hydrogen-bond donors (Lipinski definition) is 0. The summed E-state index contributed by atoms with van der Waals surface area (Å²) < 4.78 is 14.3. The Bertz CT molecular complexity index is 945. The molecule has 0 saturated carbocycles. The summed E-state index contributed by atoms with van der Waals surface area (Å²) >= 11 is 1.45. The summed E-state index contributed by atoms with van der Waals surface area (Å²) in [6.07, 6.45) is 0. The van der Waals surface area contributed by atoms with Gasteiger partial charge in [0, 0.05) is 5.39 Å². The Labute approximate surface area is 127 Å². The molecule has 2 aromatic heterocycles. The molecule has 21 heavy (non-hydrogen) atoms. The van der Waals surface area contributed by atoms with Crippen LogP contribution in [0.25, 0.3) is 21.1 Å². The van der Waals surface area contributed by atoms with E-state index in [0.717, 1.165) is 21.1 Å². The van der Waals surface area contributed by atoms with E-state index in [4.69, 9.17) is 0 Å². The zero-order chi connectivity index (χ0) is 14.2. The van der Waals surface area contributed by atoms with Crippen molar-refractivity contribution in [2.75, 3.05) is 0 Å². The minimum atomic E-state index is -1.34. The van der Waals surface area contributed by atoms with Gasteiger partial charge in [0.2, 0.25) is 0 Å². The lowest BCUT2D eigenvalue weighted by Gasteiger charge is -2.00. The van der Waals surface area contributed by atoms with Crippen LogP contribution in [0, 0.1) is 0 Å². The number of para-hydroxylation sites is 2. The summed E-state index contributed by atoms with van der Waals surface area (Å²) in [7, 11) is -1.34. The van der Waals surface area contributed by atoms with Gasteiger partial charge in [0.1, 0.15) is 15.8 Å². The number of benzene rings is 2. The van der Waals surface area contributed by atoms with E-state index in [1.54, 1.807) is 0 Å². The number of pyridine rings is 1. The molecule has 0 aliphatic heterocycles. The van der Waals surface area contributed by atoms with Crippen molar-refractivity contribution in [1.82, 2.24) is 9.97 Å². The first-order valence-electron chi connectivity index (χ1n) is 6.44. The van der Waals surface area contributed by atoms with Gasteiger partial charge in [-0.3, -0.25) is 0 Å². The molecule has 0 N–H and O–H groups in total. The van der Waals surface area contributed by atoms with Crippen LogP contribution in [0.2, 0.25) is 0 Å². The molecule has 0 fully saturated rings. The van der Waals surface area contributed by atoms with Crippen LogP contribution in [-0.4, -0.2) is 14.2 Å². The quantitative estimate of drug-likeness (QED) is 0.562. The van der Waals surface area contributed by atoms with Gasteiger partial charge in [0.05, 0.1) is 15.7 Å². The molecule has 3 nitrogen and oxygen atoms in total. The largest absolute Gasteiger partial charge is 0.245 e. The highest BCUT2D eigenvalue weighted by molar-refractivity contribution is 7.87. The molecular formula is C16H10N2OS2. The van der Waals surface area contributed by atoms with Crippen LogP contribution in [-0.2, 0) is 10.8 Å². The maximum atomic E-state index is 12.7. The van der Waals surface area contributed by atoms with E-state index in [2.05, 4.69) is 9.97 Å². The molecule has 4 rings (SSSR count). The molecule has 0 saturated heterocycles. The molecule has 0 spiro atoms. The van der Waals surface area contributed by atoms with Crippen molar-refractivity contribution in [2.45, 2.75) is 9.37 Å². The highest BCUT2D eigenvalue weighted by Gasteiger charge is 2.14. The van der Waals surface area contributed by atoms with Gasteiger partial charge in [0.15, 0.2) is 4.34 Å². The van der Waals surface area contributed by atoms with E-state index in [1.807, 2.05) is 60.7 Å². The van der Waals surface area contributed by atoms with Gasteiger partial charge in [-0.1, -0.05) is 36.4 Å². The predicted octanol–water partition coefficient (Wildman–Crippen LogP) is 4.01. The Kier molecular flexibility index (Phi) is 3.02. The first-order valence-corrected chi connectivity index (χ1v) is 8.41. The van der Waals surface area contributed by atoms with Crippen LogP contribution in [0.1, 0.15) is 0 Å². The summed E-state index contributed by atoms with van der Waals surface area (Å²) in [6.45, 7) is 0. The highest BCUT2D eigenvalue weighted by Crippen LogP contribution is 2.27. The van der Waals surface area contributed by atoms with Crippen LogP contribution in [0.3, 0.4) is 0 Å². The molecule has 0 amide bonds. The molecule has 5 heteroatoms. The average molecular weight is 310 g/mol. The Morgan fingerprint density at radius 1 is 0.810 bits per heavy atom. The van der Waals surface area contributed by atoms with Crippen molar-refractivity contribution in [2.24, 2.45) is 0 Å². The summed E-state index contributed by atoms with van der Waals surface area (Å²) in [5.41, 5.74) is 1.73. The van der Waals surface area contributed by atoms with E-state index in [9.17, 15) is 4.21 Å². The SMILES string of the molecule is O=S(c1ccc2ccccc2n1)c1nc2ccccc2s1. The smallest absolute Gasteiger partial charge is 0.188 e. The van der Waals surface area contributed by atoms with Gasteiger partial charge in [-0.2, -0.15) is 0 Å². The lowest BCUT2D eigenvalue weighted by Crippen LogP contribution is -1.95. The number of nitrogens with zero attached hydrogens (tertiary/aromatic N) is 2. The van der Waals surface area contributed by atoms with Gasteiger partial charge in [-0.05, 0) is 24.3 Å². The maximum absolute atomic E-state index is 12.7. The summed E-state index contributed by atoms with van der Waals surface area (Å²) in [5, 5.41) is 1.59. The van der Waals surface area contributed by atoms with Gasteiger partial charge in [0.25, 0.3) is 0 Å². The summed E-state index contributed by atoms with van der Waals surface area (Å²) in [4.78, 5) is 8.94. The molecule has 2 aromatic carbocycles. The van der Waals surface area contributed by atoms with E-state index in [1.165, 1.54) is 11.3 Å². The van der Waals surface area contributed by atoms with Crippen molar-refractivity contribution in [1.29, 1.82) is 0 Å². The monoisotopic (exact) mass is 310 g/mol. The zero-order valence-electron chi connectivity index (χ0n) is 10.9. The molecule has 4 aromatic rings. The molecule has 102 valence electrons. The number of rotatable bonds is 2. The predicted molar refractivity (Wildman–Crippen MR) is 86.0 cm³/mol. The van der Waals surface area contributed by atoms with Crippen LogP contribution in [0.5, 0.6) is 0 Å². The fourth-order valence-corrected chi connectivity index (χ4v) is 4.43. The minimum Gasteiger partial charge on any atom is -0.245 e. The Morgan fingerprint density at radius 2 is 1.57 bits per heavy atom. The third-order valence-electron chi connectivity index (χ3n) is 3.20. The van der Waals surface area contributed by atoms with Crippen LogP contribution >= 0.6 is 11.3 Å². The van der Waals surface area contributed by atoms with Gasteiger partial charge in [-0.25, -0.2) is 14.2 Å². The van der Waals surface area contributed by atoms with Crippen LogP contribution in [0.4, 0.5) is 0 Å². The van der Waals surface area contributed by atoms with Gasteiger partial charge >= 0.3 is 0 Å². The molecule has 0 radical (unpaired) electrons. The first-order chi connectivity index (χ1) is 10.3. The van der Waals surface area contributed by atoms with E-state index in [-0.39, 0.29) is 0 Å². The van der Waals surface area contributed by atoms with E-state index >= 15 is 0 Å². The Hall–Kier alpha value is -2.11. The Morgan fingerprint density at radius 3 is 2.43 bits per heavy atom. The van der Waals surface area contributed by atoms with Crippen LogP contribution in [0.15, 0.2) is 70.0 Å². The summed E-state index contributed by atoms with van der Waals surface area (Å²) in [5.74, 6) is 0. The van der Waals surface area contributed by atoms with Crippen molar-refractivity contribution in [3.05, 3.63) is 60.7 Å². The van der Waals surface area contributed by atoms with Crippen molar-refractivity contribution in [3.63, 3.8) is 0 Å². The number of thiazole rings is 1. The second-order valence-corrected chi connectivity index (χ2v) is 7.19. The highest BCUT2D eigenvalue weighted by atomic mass is 32.2. The van der Waals surface area contributed by atoms with Gasteiger partial charge in [-0.15, -0.1) is 11.3 Å². The second kappa shape index (κ2) is 5.02. The molecule has 2 heterocycles. The van der Waals surface area contributed by atoms with Crippen molar-refractivity contribution in [3.8, 4) is 0 Å². The molecular weight excluding hydrogens is 300 g/mol. The van der Waals surface area contributed by atoms with Crippen molar-refractivity contribution >= 4 is 43.3 Å². The number of aromatic nitrogens is 2. The van der Waals surface area contributed by atoms with Crippen LogP contribution < -0.4 is 0 Å². The normalized spacial score (nSPS) is 12.8. The third kappa shape index (κ3) is 2.24. The molecule has 0 bridgehead atoms. The molecule has 0 aliphatic carbocycles. The minimum absolute atomic E-state index is 0.549. The topological polar surface area (TPSA) is 42.9 Å². The maximum Gasteiger partial charge on any atom is 0.188 e. The average Bonchev–Trinajstić information content (AvgIpc) is 2.97. The number of hydrogen-bond acceptors (Lipinski definition) is 4. The molecule has 1 unspecified atom stereocenters. The fourth-order valence-electron chi connectivity index (χ4n) is 2.17.